The largest absolute Gasteiger partial charge is 0.353 e. The molecule has 0 amide bonds. The summed E-state index contributed by atoms with van der Waals surface area (Å²) < 4.78 is 0. The van der Waals surface area contributed by atoms with Gasteiger partial charge in [-0.2, -0.15) is 0 Å². The summed E-state index contributed by atoms with van der Waals surface area (Å²) in [5.41, 5.74) is 0.0242. The van der Waals surface area contributed by atoms with Gasteiger partial charge in [0, 0.05) is 39.3 Å². The maximum absolute atomic E-state index is 11.6. The minimum absolute atomic E-state index is 0.0242. The molecule has 0 spiro atoms. The number of rotatable bonds is 6. The van der Waals surface area contributed by atoms with Crippen molar-refractivity contribution in [3.8, 4) is 0 Å². The van der Waals surface area contributed by atoms with Gasteiger partial charge in [0.15, 0.2) is 0 Å². The van der Waals surface area contributed by atoms with Crippen LogP contribution in [0.4, 0.5) is 17.3 Å². The van der Waals surface area contributed by atoms with Gasteiger partial charge in [0.25, 0.3) is 0 Å². The highest BCUT2D eigenvalue weighted by Crippen LogP contribution is 2.34. The second kappa shape index (κ2) is 7.35. The molecule has 1 aromatic heterocycles. The van der Waals surface area contributed by atoms with Crippen molar-refractivity contribution >= 4 is 17.3 Å². The molecule has 1 aliphatic heterocycles. The first kappa shape index (κ1) is 16.4. The van der Waals surface area contributed by atoms with Crippen molar-refractivity contribution in [3.63, 3.8) is 0 Å². The summed E-state index contributed by atoms with van der Waals surface area (Å²) in [6.45, 7) is 11.7. The summed E-state index contributed by atoms with van der Waals surface area (Å²) >= 11 is 0. The van der Waals surface area contributed by atoms with Crippen LogP contribution in [0.1, 0.15) is 20.8 Å². The van der Waals surface area contributed by atoms with E-state index in [1.54, 1.807) is 0 Å². The molecule has 8 heteroatoms. The van der Waals surface area contributed by atoms with E-state index in [0.29, 0.717) is 24.7 Å². The number of hydrogen-bond acceptors (Lipinski definition) is 7. The third-order valence-electron chi connectivity index (χ3n) is 4.15. The first-order valence-electron chi connectivity index (χ1n) is 7.83. The van der Waals surface area contributed by atoms with E-state index in [1.807, 2.05) is 23.6 Å². The maximum atomic E-state index is 11.6. The monoisotopic (exact) mass is 308 g/mol. The summed E-state index contributed by atoms with van der Waals surface area (Å²) in [5, 5.41) is 11.6. The normalized spacial score (nSPS) is 15.9. The Labute approximate surface area is 130 Å². The first-order chi connectivity index (χ1) is 10.6. The second-order valence-corrected chi connectivity index (χ2v) is 5.22. The van der Waals surface area contributed by atoms with E-state index in [4.69, 9.17) is 0 Å². The van der Waals surface area contributed by atoms with E-state index in [-0.39, 0.29) is 10.6 Å². The standard InChI is InChI=1S/C14H24N6O2/c1-4-17-7-9-19(10-8-17)14-12(20(21)22)13(15-11-16-14)18(5-2)6-3/h11H,4-10H2,1-3H3. The van der Waals surface area contributed by atoms with Gasteiger partial charge < -0.3 is 14.7 Å². The van der Waals surface area contributed by atoms with Crippen LogP contribution in [0.3, 0.4) is 0 Å². The number of hydrogen-bond donors (Lipinski definition) is 0. The van der Waals surface area contributed by atoms with Gasteiger partial charge in [0.05, 0.1) is 4.92 Å². The van der Waals surface area contributed by atoms with Crippen LogP contribution in [-0.4, -0.2) is 65.6 Å². The van der Waals surface area contributed by atoms with Crippen LogP contribution in [0.25, 0.3) is 0 Å². The average Bonchev–Trinajstić information content (AvgIpc) is 2.55. The van der Waals surface area contributed by atoms with Crippen molar-refractivity contribution in [3.05, 3.63) is 16.4 Å². The van der Waals surface area contributed by atoms with Crippen molar-refractivity contribution in [2.24, 2.45) is 0 Å². The lowest BCUT2D eigenvalue weighted by Gasteiger charge is -2.34. The fourth-order valence-corrected chi connectivity index (χ4v) is 2.79. The third kappa shape index (κ3) is 3.27. The van der Waals surface area contributed by atoms with Gasteiger partial charge >= 0.3 is 5.69 Å². The zero-order chi connectivity index (χ0) is 16.1. The van der Waals surface area contributed by atoms with Crippen molar-refractivity contribution in [1.82, 2.24) is 14.9 Å². The molecule has 0 saturated carbocycles. The second-order valence-electron chi connectivity index (χ2n) is 5.22. The highest BCUT2D eigenvalue weighted by Gasteiger charge is 2.30. The van der Waals surface area contributed by atoms with E-state index >= 15 is 0 Å². The SMILES string of the molecule is CCN1CCN(c2ncnc(N(CC)CC)c2[N+](=O)[O-])CC1. The molecule has 2 rings (SSSR count). The van der Waals surface area contributed by atoms with Crippen LogP contribution in [0.2, 0.25) is 0 Å². The number of likely N-dealkylation sites (N-methyl/N-ethyl adjacent to an activating group) is 1. The molecule has 0 radical (unpaired) electrons. The van der Waals surface area contributed by atoms with Gasteiger partial charge in [-0.1, -0.05) is 6.92 Å². The zero-order valence-electron chi connectivity index (χ0n) is 13.5. The Bertz CT molecular complexity index is 512. The summed E-state index contributed by atoms with van der Waals surface area (Å²) in [6.07, 6.45) is 1.43. The number of anilines is 2. The lowest BCUT2D eigenvalue weighted by Crippen LogP contribution is -2.46. The minimum Gasteiger partial charge on any atom is -0.351 e. The molecule has 0 N–H and O–H groups in total. The van der Waals surface area contributed by atoms with Crippen molar-refractivity contribution in [1.29, 1.82) is 0 Å². The molecule has 0 bridgehead atoms. The Morgan fingerprint density at radius 3 is 2.32 bits per heavy atom. The number of aromatic nitrogens is 2. The molecule has 122 valence electrons. The molecule has 22 heavy (non-hydrogen) atoms. The molecule has 1 saturated heterocycles. The quantitative estimate of drug-likeness (QED) is 0.580. The summed E-state index contributed by atoms with van der Waals surface area (Å²) in [5.74, 6) is 0.857. The molecule has 8 nitrogen and oxygen atoms in total. The van der Waals surface area contributed by atoms with Crippen LogP contribution < -0.4 is 9.80 Å². The van der Waals surface area contributed by atoms with Crippen molar-refractivity contribution in [2.45, 2.75) is 20.8 Å². The van der Waals surface area contributed by atoms with Gasteiger partial charge in [-0.25, -0.2) is 9.97 Å². The molecule has 0 aliphatic carbocycles. The van der Waals surface area contributed by atoms with Crippen molar-refractivity contribution < 1.29 is 4.92 Å². The average molecular weight is 308 g/mol. The van der Waals surface area contributed by atoms with Gasteiger partial charge in [0.1, 0.15) is 6.33 Å². The van der Waals surface area contributed by atoms with Crippen LogP contribution in [0.5, 0.6) is 0 Å². The Kier molecular flexibility index (Phi) is 5.48. The summed E-state index contributed by atoms with van der Waals surface area (Å²) in [7, 11) is 0. The molecular weight excluding hydrogens is 284 g/mol. The Hall–Kier alpha value is -1.96. The van der Waals surface area contributed by atoms with Crippen LogP contribution in [-0.2, 0) is 0 Å². The van der Waals surface area contributed by atoms with E-state index < -0.39 is 0 Å². The Morgan fingerprint density at radius 2 is 1.82 bits per heavy atom. The number of nitrogens with zero attached hydrogens (tertiary/aromatic N) is 6. The van der Waals surface area contributed by atoms with Crippen LogP contribution in [0, 0.1) is 10.1 Å². The smallest absolute Gasteiger partial charge is 0.351 e. The molecule has 1 aromatic rings. The van der Waals surface area contributed by atoms with Gasteiger partial charge in [-0.05, 0) is 20.4 Å². The highest BCUT2D eigenvalue weighted by molar-refractivity contribution is 5.71. The lowest BCUT2D eigenvalue weighted by molar-refractivity contribution is -0.383. The highest BCUT2D eigenvalue weighted by atomic mass is 16.6. The fourth-order valence-electron chi connectivity index (χ4n) is 2.79. The maximum Gasteiger partial charge on any atom is 0.353 e. The van der Waals surface area contributed by atoms with E-state index in [0.717, 1.165) is 32.7 Å². The van der Waals surface area contributed by atoms with Crippen molar-refractivity contribution in [2.75, 3.05) is 55.6 Å². The van der Waals surface area contributed by atoms with Gasteiger partial charge in [-0.15, -0.1) is 0 Å². The zero-order valence-corrected chi connectivity index (χ0v) is 13.5. The summed E-state index contributed by atoms with van der Waals surface area (Å²) in [6, 6.07) is 0. The van der Waals surface area contributed by atoms with Crippen LogP contribution >= 0.6 is 0 Å². The Morgan fingerprint density at radius 1 is 1.18 bits per heavy atom. The number of nitro groups is 1. The topological polar surface area (TPSA) is 78.6 Å². The predicted octanol–water partition coefficient (Wildman–Crippen LogP) is 1.37. The first-order valence-corrected chi connectivity index (χ1v) is 7.83. The lowest BCUT2D eigenvalue weighted by atomic mass is 10.3. The Balaban J connectivity index is 2.35. The van der Waals surface area contributed by atoms with Crippen LogP contribution in [0.15, 0.2) is 6.33 Å². The molecule has 0 atom stereocenters. The molecule has 1 aliphatic rings. The fraction of sp³-hybridized carbons (Fsp3) is 0.714. The molecule has 2 heterocycles. The van der Waals surface area contributed by atoms with E-state index in [2.05, 4.69) is 21.8 Å². The van der Waals surface area contributed by atoms with E-state index in [9.17, 15) is 10.1 Å². The van der Waals surface area contributed by atoms with Gasteiger partial charge in [-0.3, -0.25) is 10.1 Å². The van der Waals surface area contributed by atoms with E-state index in [1.165, 1.54) is 6.33 Å². The predicted molar refractivity (Wildman–Crippen MR) is 86.6 cm³/mol. The minimum atomic E-state index is -0.352. The molecule has 0 aromatic carbocycles. The van der Waals surface area contributed by atoms with Gasteiger partial charge in [0.2, 0.25) is 11.6 Å². The third-order valence-corrected chi connectivity index (χ3v) is 4.15. The molecular formula is C14H24N6O2. The number of piperazine rings is 1. The molecule has 0 unspecified atom stereocenters. The summed E-state index contributed by atoms with van der Waals surface area (Å²) in [4.78, 5) is 25.9. The molecule has 1 fully saturated rings.